The molecule has 0 bridgehead atoms. The lowest BCUT2D eigenvalue weighted by molar-refractivity contribution is -0.137. The molecule has 0 spiro atoms. The fourth-order valence-electron chi connectivity index (χ4n) is 3.37. The average molecular weight is 422 g/mol. The molecule has 0 fully saturated rings. The zero-order valence-electron chi connectivity index (χ0n) is 16.7. The van der Waals surface area contributed by atoms with Crippen LogP contribution in [0.1, 0.15) is 17.5 Å². The van der Waals surface area contributed by atoms with E-state index in [0.29, 0.717) is 29.2 Å². The van der Waals surface area contributed by atoms with E-state index in [0.717, 1.165) is 30.4 Å². The van der Waals surface area contributed by atoms with Gasteiger partial charge in [-0.3, -0.25) is 4.98 Å². The van der Waals surface area contributed by atoms with Gasteiger partial charge in [-0.05, 0) is 54.8 Å². The third kappa shape index (κ3) is 5.34. The first-order valence-corrected chi connectivity index (χ1v) is 9.99. The lowest BCUT2D eigenvalue weighted by Crippen LogP contribution is -2.05. The summed E-state index contributed by atoms with van der Waals surface area (Å²) in [7, 11) is 0. The fraction of sp³-hybridized carbons (Fsp3) is 0.160. The van der Waals surface area contributed by atoms with Crippen molar-refractivity contribution in [2.45, 2.75) is 19.0 Å². The minimum absolute atomic E-state index is 0.364. The summed E-state index contributed by atoms with van der Waals surface area (Å²) in [6, 6.07) is 22.7. The molecule has 158 valence electrons. The van der Waals surface area contributed by atoms with Gasteiger partial charge in [-0.1, -0.05) is 36.4 Å². The Labute approximate surface area is 178 Å². The Bertz CT molecular complexity index is 1160. The van der Waals surface area contributed by atoms with Gasteiger partial charge in [0.05, 0.1) is 17.7 Å². The molecule has 0 saturated heterocycles. The van der Waals surface area contributed by atoms with Gasteiger partial charge < -0.3 is 10.1 Å². The van der Waals surface area contributed by atoms with Gasteiger partial charge in [0.1, 0.15) is 5.75 Å². The minimum Gasteiger partial charge on any atom is -0.494 e. The number of halogens is 3. The molecule has 3 nitrogen and oxygen atoms in total. The summed E-state index contributed by atoms with van der Waals surface area (Å²) in [5.74, 6) is 0.712. The molecule has 0 unspecified atom stereocenters. The van der Waals surface area contributed by atoms with Crippen molar-refractivity contribution in [3.05, 3.63) is 96.2 Å². The molecule has 0 saturated carbocycles. The molecular formula is C25H21F3N2O. The number of alkyl halides is 3. The minimum atomic E-state index is -4.38. The fourth-order valence-corrected chi connectivity index (χ4v) is 3.37. The van der Waals surface area contributed by atoms with Crippen molar-refractivity contribution in [3.63, 3.8) is 0 Å². The summed E-state index contributed by atoms with van der Waals surface area (Å²) in [6.45, 7) is 0.586. The predicted octanol–water partition coefficient (Wildman–Crippen LogP) is 7.01. The van der Waals surface area contributed by atoms with Gasteiger partial charge in [0.15, 0.2) is 0 Å². The molecule has 1 aromatic heterocycles. The van der Waals surface area contributed by atoms with Crippen molar-refractivity contribution >= 4 is 22.3 Å². The van der Waals surface area contributed by atoms with Crippen molar-refractivity contribution in [2.75, 3.05) is 11.9 Å². The second kappa shape index (κ2) is 9.08. The molecule has 1 heterocycles. The maximum atomic E-state index is 13.0. The van der Waals surface area contributed by atoms with Crippen LogP contribution in [-0.4, -0.2) is 11.6 Å². The Hall–Kier alpha value is -3.54. The van der Waals surface area contributed by atoms with Crippen molar-refractivity contribution in [1.29, 1.82) is 0 Å². The molecule has 0 aliphatic heterocycles. The summed E-state index contributed by atoms with van der Waals surface area (Å²) in [5.41, 5.74) is 2.33. The van der Waals surface area contributed by atoms with E-state index < -0.39 is 11.7 Å². The number of hydrogen-bond donors (Lipinski definition) is 1. The zero-order valence-corrected chi connectivity index (χ0v) is 16.7. The van der Waals surface area contributed by atoms with Crippen LogP contribution >= 0.6 is 0 Å². The number of pyridine rings is 1. The first-order chi connectivity index (χ1) is 15.0. The standard InChI is InChI=1S/C25H21F3N2O/c26-25(27,28)19-9-4-10-20(16-19)30-23-13-14-29-24-17-21(11-12-22(23)24)31-15-5-8-18-6-2-1-3-7-18/h1-4,6-7,9-14,16-17H,5,8,15H2,(H,29,30). The number of hydrogen-bond acceptors (Lipinski definition) is 3. The van der Waals surface area contributed by atoms with Crippen molar-refractivity contribution < 1.29 is 17.9 Å². The maximum absolute atomic E-state index is 13.0. The second-order valence-electron chi connectivity index (χ2n) is 7.18. The number of ether oxygens (including phenoxy) is 1. The quantitative estimate of drug-likeness (QED) is 0.325. The van der Waals surface area contributed by atoms with E-state index in [2.05, 4.69) is 22.4 Å². The van der Waals surface area contributed by atoms with E-state index in [-0.39, 0.29) is 0 Å². The van der Waals surface area contributed by atoms with E-state index in [1.54, 1.807) is 18.3 Å². The number of aromatic nitrogens is 1. The highest BCUT2D eigenvalue weighted by Gasteiger charge is 2.30. The van der Waals surface area contributed by atoms with Gasteiger partial charge in [0, 0.05) is 29.0 Å². The predicted molar refractivity (Wildman–Crippen MR) is 117 cm³/mol. The normalized spacial score (nSPS) is 11.5. The van der Waals surface area contributed by atoms with E-state index >= 15 is 0 Å². The Morgan fingerprint density at radius 2 is 1.71 bits per heavy atom. The van der Waals surface area contributed by atoms with Gasteiger partial charge in [-0.25, -0.2) is 0 Å². The third-order valence-corrected chi connectivity index (χ3v) is 4.90. The number of rotatable bonds is 7. The van der Waals surface area contributed by atoms with Crippen LogP contribution in [0, 0.1) is 0 Å². The first kappa shape index (κ1) is 20.7. The van der Waals surface area contributed by atoms with Crippen molar-refractivity contribution in [1.82, 2.24) is 4.98 Å². The largest absolute Gasteiger partial charge is 0.494 e. The van der Waals surface area contributed by atoms with E-state index in [9.17, 15) is 13.2 Å². The van der Waals surface area contributed by atoms with Crippen LogP contribution in [-0.2, 0) is 12.6 Å². The molecule has 0 radical (unpaired) electrons. The number of nitrogens with zero attached hydrogens (tertiary/aromatic N) is 1. The Morgan fingerprint density at radius 1 is 0.871 bits per heavy atom. The van der Waals surface area contributed by atoms with Gasteiger partial charge >= 0.3 is 6.18 Å². The van der Waals surface area contributed by atoms with Crippen LogP contribution in [0.4, 0.5) is 24.5 Å². The van der Waals surface area contributed by atoms with Gasteiger partial charge in [-0.2, -0.15) is 13.2 Å². The smallest absolute Gasteiger partial charge is 0.416 e. The monoisotopic (exact) mass is 422 g/mol. The average Bonchev–Trinajstić information content (AvgIpc) is 2.77. The summed E-state index contributed by atoms with van der Waals surface area (Å²) < 4.78 is 44.8. The molecule has 31 heavy (non-hydrogen) atoms. The SMILES string of the molecule is FC(F)(F)c1cccc(Nc2ccnc3cc(OCCCc4ccccc4)ccc23)c1. The van der Waals surface area contributed by atoms with Crippen LogP contribution < -0.4 is 10.1 Å². The summed E-state index contributed by atoms with van der Waals surface area (Å²) in [4.78, 5) is 4.38. The third-order valence-electron chi connectivity index (χ3n) is 4.90. The first-order valence-electron chi connectivity index (χ1n) is 9.99. The molecule has 0 amide bonds. The van der Waals surface area contributed by atoms with Crippen LogP contribution in [0.2, 0.25) is 0 Å². The molecule has 0 aliphatic carbocycles. The molecule has 3 aromatic carbocycles. The molecular weight excluding hydrogens is 401 g/mol. The molecule has 4 aromatic rings. The highest BCUT2D eigenvalue weighted by atomic mass is 19.4. The molecule has 4 rings (SSSR count). The van der Waals surface area contributed by atoms with Gasteiger partial charge in [0.2, 0.25) is 0 Å². The van der Waals surface area contributed by atoms with Crippen molar-refractivity contribution in [2.24, 2.45) is 0 Å². The number of aryl methyl sites for hydroxylation is 1. The van der Waals surface area contributed by atoms with Crippen LogP contribution in [0.3, 0.4) is 0 Å². The number of nitrogens with one attached hydrogen (secondary N) is 1. The maximum Gasteiger partial charge on any atom is 0.416 e. The van der Waals surface area contributed by atoms with E-state index in [4.69, 9.17) is 4.74 Å². The number of benzene rings is 3. The summed E-state index contributed by atoms with van der Waals surface area (Å²) in [5, 5.41) is 3.87. The van der Waals surface area contributed by atoms with E-state index in [1.807, 2.05) is 36.4 Å². The second-order valence-corrected chi connectivity index (χ2v) is 7.18. The summed E-state index contributed by atoms with van der Waals surface area (Å²) >= 11 is 0. The lowest BCUT2D eigenvalue weighted by atomic mass is 10.1. The van der Waals surface area contributed by atoms with Crippen molar-refractivity contribution in [3.8, 4) is 5.75 Å². The highest BCUT2D eigenvalue weighted by Crippen LogP contribution is 2.33. The van der Waals surface area contributed by atoms with Crippen LogP contribution in [0.5, 0.6) is 5.75 Å². The Kier molecular flexibility index (Phi) is 6.07. The molecule has 0 aliphatic rings. The molecule has 1 N–H and O–H groups in total. The van der Waals surface area contributed by atoms with Gasteiger partial charge in [-0.15, -0.1) is 0 Å². The number of fused-ring (bicyclic) bond motifs is 1. The highest BCUT2D eigenvalue weighted by molar-refractivity contribution is 5.93. The Balaban J connectivity index is 1.44. The van der Waals surface area contributed by atoms with Crippen LogP contribution in [0.25, 0.3) is 10.9 Å². The zero-order chi connectivity index (χ0) is 21.7. The van der Waals surface area contributed by atoms with E-state index in [1.165, 1.54) is 11.6 Å². The van der Waals surface area contributed by atoms with Gasteiger partial charge in [0.25, 0.3) is 0 Å². The number of anilines is 2. The van der Waals surface area contributed by atoms with Crippen LogP contribution in [0.15, 0.2) is 85.1 Å². The molecule has 0 atom stereocenters. The Morgan fingerprint density at radius 3 is 2.52 bits per heavy atom. The summed E-state index contributed by atoms with van der Waals surface area (Å²) in [6.07, 6.45) is -0.924. The lowest BCUT2D eigenvalue weighted by Gasteiger charge is -2.13. The topological polar surface area (TPSA) is 34.2 Å². The molecule has 6 heteroatoms.